The molecule has 0 nitrogen and oxygen atoms in total. The SMILES string of the molecule is CCP(CC)C1(P)CCCCC1. The largest absolute Gasteiger partial charge is 0.126 e. The van der Waals surface area contributed by atoms with Gasteiger partial charge in [0.2, 0.25) is 0 Å². The zero-order valence-corrected chi connectivity index (χ0v) is 10.5. The predicted molar refractivity (Wildman–Crippen MR) is 63.5 cm³/mol. The first-order valence-electron chi connectivity index (χ1n) is 5.27. The van der Waals surface area contributed by atoms with E-state index in [9.17, 15) is 0 Å². The van der Waals surface area contributed by atoms with Gasteiger partial charge in [-0.15, -0.1) is 9.24 Å². The Morgan fingerprint density at radius 3 is 2.00 bits per heavy atom. The van der Waals surface area contributed by atoms with Crippen molar-refractivity contribution < 1.29 is 0 Å². The molecule has 1 rings (SSSR count). The molecule has 0 amide bonds. The van der Waals surface area contributed by atoms with Gasteiger partial charge in [-0.25, -0.2) is 0 Å². The van der Waals surface area contributed by atoms with Crippen molar-refractivity contribution in [1.82, 2.24) is 0 Å². The van der Waals surface area contributed by atoms with E-state index in [2.05, 4.69) is 23.1 Å². The minimum Gasteiger partial charge on any atom is -0.126 e. The summed E-state index contributed by atoms with van der Waals surface area (Å²) in [6.07, 6.45) is 10.2. The van der Waals surface area contributed by atoms with Gasteiger partial charge in [-0.3, -0.25) is 0 Å². The second kappa shape index (κ2) is 4.92. The van der Waals surface area contributed by atoms with Crippen LogP contribution in [0.25, 0.3) is 0 Å². The van der Waals surface area contributed by atoms with Crippen molar-refractivity contribution in [1.29, 1.82) is 0 Å². The van der Waals surface area contributed by atoms with Crippen molar-refractivity contribution in [2.45, 2.75) is 50.8 Å². The van der Waals surface area contributed by atoms with Gasteiger partial charge in [0.25, 0.3) is 0 Å². The molecule has 0 N–H and O–H groups in total. The van der Waals surface area contributed by atoms with Crippen LogP contribution in [-0.2, 0) is 0 Å². The van der Waals surface area contributed by atoms with Crippen molar-refractivity contribution in [3.05, 3.63) is 0 Å². The molecule has 0 bridgehead atoms. The van der Waals surface area contributed by atoms with E-state index in [4.69, 9.17) is 0 Å². The van der Waals surface area contributed by atoms with Gasteiger partial charge in [0.05, 0.1) is 0 Å². The van der Waals surface area contributed by atoms with Crippen molar-refractivity contribution in [3.63, 3.8) is 0 Å². The van der Waals surface area contributed by atoms with Gasteiger partial charge in [-0.1, -0.05) is 41.0 Å². The number of rotatable bonds is 3. The summed E-state index contributed by atoms with van der Waals surface area (Å²) < 4.78 is 0. The van der Waals surface area contributed by atoms with E-state index < -0.39 is 0 Å². The molecule has 0 aliphatic heterocycles. The van der Waals surface area contributed by atoms with Crippen molar-refractivity contribution in [2.24, 2.45) is 0 Å². The van der Waals surface area contributed by atoms with Gasteiger partial charge in [0, 0.05) is 4.90 Å². The van der Waals surface area contributed by atoms with E-state index in [1.807, 2.05) is 0 Å². The lowest BCUT2D eigenvalue weighted by molar-refractivity contribution is 0.484. The first-order chi connectivity index (χ1) is 5.73. The Morgan fingerprint density at radius 2 is 1.58 bits per heavy atom. The molecular formula is C10H22P2. The summed E-state index contributed by atoms with van der Waals surface area (Å²) in [5.41, 5.74) is 0. The van der Waals surface area contributed by atoms with E-state index >= 15 is 0 Å². The maximum Gasteiger partial charge on any atom is 0.00491 e. The van der Waals surface area contributed by atoms with Crippen LogP contribution in [0.2, 0.25) is 0 Å². The summed E-state index contributed by atoms with van der Waals surface area (Å²) in [7, 11) is 3.50. The second-order valence-corrected chi connectivity index (χ2v) is 8.66. The molecule has 0 aromatic carbocycles. The molecule has 0 heterocycles. The van der Waals surface area contributed by atoms with Crippen molar-refractivity contribution >= 4 is 17.2 Å². The third-order valence-electron chi connectivity index (χ3n) is 3.11. The molecule has 0 aromatic rings. The molecule has 0 spiro atoms. The van der Waals surface area contributed by atoms with Crippen LogP contribution in [0.5, 0.6) is 0 Å². The highest BCUT2D eigenvalue weighted by Gasteiger charge is 2.32. The van der Waals surface area contributed by atoms with Crippen LogP contribution in [0.15, 0.2) is 0 Å². The molecule has 1 saturated carbocycles. The lowest BCUT2D eigenvalue weighted by Gasteiger charge is -2.40. The molecule has 12 heavy (non-hydrogen) atoms. The Balaban J connectivity index is 2.53. The minimum atomic E-state index is 0.307. The molecule has 2 heteroatoms. The Bertz CT molecular complexity index is 124. The minimum absolute atomic E-state index is 0.307. The molecular weight excluding hydrogens is 182 g/mol. The van der Waals surface area contributed by atoms with Gasteiger partial charge >= 0.3 is 0 Å². The predicted octanol–water partition coefficient (Wildman–Crippen LogP) is 4.04. The summed E-state index contributed by atoms with van der Waals surface area (Å²) in [6, 6.07) is 0. The third-order valence-corrected chi connectivity index (χ3v) is 8.02. The molecule has 0 radical (unpaired) electrons. The standard InChI is InChI=1S/C10H22P2/c1-3-12(4-2)10(11)8-6-5-7-9-10/h3-9,11H2,1-2H3. The fraction of sp³-hybridized carbons (Fsp3) is 1.00. The van der Waals surface area contributed by atoms with E-state index in [1.54, 1.807) is 0 Å². The van der Waals surface area contributed by atoms with Crippen LogP contribution in [-0.4, -0.2) is 17.2 Å². The average molecular weight is 204 g/mol. The van der Waals surface area contributed by atoms with Crippen LogP contribution in [0.3, 0.4) is 0 Å². The average Bonchev–Trinajstić information content (AvgIpc) is 2.07. The van der Waals surface area contributed by atoms with E-state index in [0.717, 1.165) is 0 Å². The quantitative estimate of drug-likeness (QED) is 0.608. The van der Waals surface area contributed by atoms with Crippen LogP contribution in [0.4, 0.5) is 0 Å². The molecule has 1 aliphatic carbocycles. The number of hydrogen-bond acceptors (Lipinski definition) is 0. The normalized spacial score (nSPS) is 23.0. The van der Waals surface area contributed by atoms with E-state index in [-0.39, 0.29) is 0 Å². The smallest absolute Gasteiger partial charge is 0.00491 e. The van der Waals surface area contributed by atoms with Crippen LogP contribution < -0.4 is 0 Å². The lowest BCUT2D eigenvalue weighted by Crippen LogP contribution is -2.23. The van der Waals surface area contributed by atoms with E-state index in [1.165, 1.54) is 44.4 Å². The van der Waals surface area contributed by atoms with Gasteiger partial charge in [0.15, 0.2) is 0 Å². The summed E-state index contributed by atoms with van der Waals surface area (Å²) >= 11 is 0. The van der Waals surface area contributed by atoms with Crippen LogP contribution in [0, 0.1) is 0 Å². The molecule has 1 unspecified atom stereocenters. The molecule has 0 saturated heterocycles. The first-order valence-corrected chi connectivity index (χ1v) is 7.56. The van der Waals surface area contributed by atoms with Crippen LogP contribution in [0.1, 0.15) is 46.0 Å². The molecule has 1 fully saturated rings. The maximum absolute atomic E-state index is 3.20. The highest BCUT2D eigenvalue weighted by atomic mass is 31.2. The first kappa shape index (κ1) is 10.9. The Morgan fingerprint density at radius 1 is 1.08 bits per heavy atom. The summed E-state index contributed by atoms with van der Waals surface area (Å²) in [5.74, 6) is 0. The third kappa shape index (κ3) is 2.43. The monoisotopic (exact) mass is 204 g/mol. The van der Waals surface area contributed by atoms with Crippen molar-refractivity contribution in [2.75, 3.05) is 12.3 Å². The van der Waals surface area contributed by atoms with Crippen LogP contribution >= 0.6 is 17.2 Å². The fourth-order valence-electron chi connectivity index (χ4n) is 2.33. The Labute approximate surface area is 80.8 Å². The van der Waals surface area contributed by atoms with Gasteiger partial charge < -0.3 is 0 Å². The van der Waals surface area contributed by atoms with Gasteiger partial charge in [-0.05, 0) is 25.2 Å². The molecule has 0 aromatic heterocycles. The summed E-state index contributed by atoms with van der Waals surface area (Å²) in [6.45, 7) is 4.74. The summed E-state index contributed by atoms with van der Waals surface area (Å²) in [4.78, 5) is 0.678. The zero-order valence-electron chi connectivity index (χ0n) is 8.47. The molecule has 1 aliphatic rings. The fourth-order valence-corrected chi connectivity index (χ4v) is 6.49. The van der Waals surface area contributed by atoms with Gasteiger partial charge in [-0.2, -0.15) is 0 Å². The Kier molecular flexibility index (Phi) is 4.49. The van der Waals surface area contributed by atoms with E-state index in [0.29, 0.717) is 12.8 Å². The van der Waals surface area contributed by atoms with Gasteiger partial charge in [0.1, 0.15) is 0 Å². The molecule has 1 atom stereocenters. The zero-order chi connectivity index (χ0) is 9.03. The Hall–Kier alpha value is 0.860. The second-order valence-electron chi connectivity index (χ2n) is 3.84. The maximum atomic E-state index is 3.20. The summed E-state index contributed by atoms with van der Waals surface area (Å²) in [5, 5.41) is 0. The topological polar surface area (TPSA) is 0 Å². The highest BCUT2D eigenvalue weighted by molar-refractivity contribution is 7.66. The number of hydrogen-bond donors (Lipinski definition) is 0. The lowest BCUT2D eigenvalue weighted by atomic mass is 9.99. The highest BCUT2D eigenvalue weighted by Crippen LogP contribution is 2.60. The van der Waals surface area contributed by atoms with Crippen molar-refractivity contribution in [3.8, 4) is 0 Å². The molecule has 72 valence electrons.